The van der Waals surface area contributed by atoms with Gasteiger partial charge < -0.3 is 5.32 Å². The second kappa shape index (κ2) is 8.27. The molecule has 0 atom stereocenters. The van der Waals surface area contributed by atoms with E-state index in [9.17, 15) is 8.42 Å². The van der Waals surface area contributed by atoms with Gasteiger partial charge in [0.15, 0.2) is 0 Å². The summed E-state index contributed by atoms with van der Waals surface area (Å²) in [6, 6.07) is 7.84. The van der Waals surface area contributed by atoms with Gasteiger partial charge in [-0.3, -0.25) is 0 Å². The van der Waals surface area contributed by atoms with Gasteiger partial charge in [-0.2, -0.15) is 4.31 Å². The lowest BCUT2D eigenvalue weighted by molar-refractivity contribution is 0.410. The summed E-state index contributed by atoms with van der Waals surface area (Å²) in [6.07, 6.45) is 7.85. The molecule has 23 heavy (non-hydrogen) atoms. The Balaban J connectivity index is 1.96. The van der Waals surface area contributed by atoms with Gasteiger partial charge in [0.25, 0.3) is 0 Å². The summed E-state index contributed by atoms with van der Waals surface area (Å²) in [7, 11) is -1.76. The molecule has 2 rings (SSSR count). The molecule has 130 valence electrons. The van der Waals surface area contributed by atoms with E-state index < -0.39 is 10.0 Å². The zero-order valence-electron chi connectivity index (χ0n) is 14.6. The van der Waals surface area contributed by atoms with Crippen LogP contribution in [0.2, 0.25) is 0 Å². The fraction of sp³-hybridized carbons (Fsp3) is 0.667. The van der Waals surface area contributed by atoms with E-state index in [1.165, 1.54) is 42.8 Å². The normalized spacial score (nSPS) is 17.6. The summed E-state index contributed by atoms with van der Waals surface area (Å²) in [5.74, 6) is 0. The van der Waals surface area contributed by atoms with Crippen LogP contribution in [0.5, 0.6) is 0 Å². The van der Waals surface area contributed by atoms with Gasteiger partial charge in [0.2, 0.25) is 10.0 Å². The molecular weight excluding hydrogens is 308 g/mol. The highest BCUT2D eigenvalue weighted by molar-refractivity contribution is 7.89. The molecule has 0 spiro atoms. The SMILES string of the molecule is CC(C)N(C)S(=O)(=O)c1ccc(CNC2CCCCCC2)cc1. The third kappa shape index (κ3) is 5.03. The number of hydrogen-bond donors (Lipinski definition) is 1. The Hall–Kier alpha value is -0.910. The second-order valence-electron chi connectivity index (χ2n) is 6.83. The molecule has 1 N–H and O–H groups in total. The molecule has 5 heteroatoms. The van der Waals surface area contributed by atoms with Crippen LogP contribution in [0.25, 0.3) is 0 Å². The van der Waals surface area contributed by atoms with Crippen LogP contribution in [0.3, 0.4) is 0 Å². The highest BCUT2D eigenvalue weighted by atomic mass is 32.2. The summed E-state index contributed by atoms with van der Waals surface area (Å²) < 4.78 is 26.3. The highest BCUT2D eigenvalue weighted by Crippen LogP contribution is 2.19. The Labute approximate surface area is 141 Å². The lowest BCUT2D eigenvalue weighted by Crippen LogP contribution is -2.33. The maximum atomic E-state index is 12.4. The molecule has 0 unspecified atom stereocenters. The predicted octanol–water partition coefficient (Wildman–Crippen LogP) is 3.53. The van der Waals surface area contributed by atoms with E-state index in [1.54, 1.807) is 19.2 Å². The van der Waals surface area contributed by atoms with Crippen molar-refractivity contribution in [1.82, 2.24) is 9.62 Å². The molecular formula is C18H30N2O2S. The van der Waals surface area contributed by atoms with Gasteiger partial charge in [-0.15, -0.1) is 0 Å². The zero-order valence-corrected chi connectivity index (χ0v) is 15.4. The highest BCUT2D eigenvalue weighted by Gasteiger charge is 2.22. The average Bonchev–Trinajstić information content (AvgIpc) is 2.81. The first-order valence-electron chi connectivity index (χ1n) is 8.71. The Morgan fingerprint density at radius 3 is 2.17 bits per heavy atom. The van der Waals surface area contributed by atoms with E-state index in [4.69, 9.17) is 0 Å². The predicted molar refractivity (Wildman–Crippen MR) is 94.9 cm³/mol. The fourth-order valence-corrected chi connectivity index (χ4v) is 4.34. The Morgan fingerprint density at radius 2 is 1.65 bits per heavy atom. The largest absolute Gasteiger partial charge is 0.310 e. The summed E-state index contributed by atoms with van der Waals surface area (Å²) in [5.41, 5.74) is 1.14. The van der Waals surface area contributed by atoms with Crippen molar-refractivity contribution in [1.29, 1.82) is 0 Å². The quantitative estimate of drug-likeness (QED) is 0.807. The first-order valence-corrected chi connectivity index (χ1v) is 10.2. The third-order valence-electron chi connectivity index (χ3n) is 4.78. The monoisotopic (exact) mass is 338 g/mol. The summed E-state index contributed by atoms with van der Waals surface area (Å²) in [4.78, 5) is 0.368. The van der Waals surface area contributed by atoms with Crippen LogP contribution >= 0.6 is 0 Å². The standard InChI is InChI=1S/C18H30N2O2S/c1-15(2)20(3)23(21,22)18-12-10-16(11-13-18)14-19-17-8-6-4-5-7-9-17/h10-13,15,17,19H,4-9,14H2,1-3H3. The van der Waals surface area contributed by atoms with Crippen molar-refractivity contribution in [2.75, 3.05) is 7.05 Å². The summed E-state index contributed by atoms with van der Waals surface area (Å²) in [6.45, 7) is 4.57. The van der Waals surface area contributed by atoms with Crippen LogP contribution in [-0.4, -0.2) is 31.9 Å². The topological polar surface area (TPSA) is 49.4 Å². The molecule has 1 aromatic carbocycles. The number of nitrogens with zero attached hydrogens (tertiary/aromatic N) is 1. The molecule has 0 radical (unpaired) electrons. The van der Waals surface area contributed by atoms with Crippen LogP contribution in [0, 0.1) is 0 Å². The lowest BCUT2D eigenvalue weighted by Gasteiger charge is -2.21. The van der Waals surface area contributed by atoms with Crippen molar-refractivity contribution in [2.45, 2.75) is 75.9 Å². The van der Waals surface area contributed by atoms with Crippen LogP contribution in [0.4, 0.5) is 0 Å². The van der Waals surface area contributed by atoms with Crippen molar-refractivity contribution >= 4 is 10.0 Å². The number of benzene rings is 1. The van der Waals surface area contributed by atoms with Gasteiger partial charge in [-0.1, -0.05) is 37.8 Å². The lowest BCUT2D eigenvalue weighted by atomic mass is 10.1. The molecule has 4 nitrogen and oxygen atoms in total. The number of sulfonamides is 1. The molecule has 0 aromatic heterocycles. The third-order valence-corrected chi connectivity index (χ3v) is 6.83. The molecule has 1 saturated carbocycles. The van der Waals surface area contributed by atoms with Crippen LogP contribution in [0.15, 0.2) is 29.2 Å². The first kappa shape index (κ1) is 18.4. The van der Waals surface area contributed by atoms with Crippen molar-refractivity contribution < 1.29 is 8.42 Å². The smallest absolute Gasteiger partial charge is 0.243 e. The molecule has 0 saturated heterocycles. The van der Waals surface area contributed by atoms with Crippen LogP contribution in [0.1, 0.15) is 57.9 Å². The average molecular weight is 339 g/mol. The fourth-order valence-electron chi connectivity index (χ4n) is 2.97. The second-order valence-corrected chi connectivity index (χ2v) is 8.83. The molecule has 1 aliphatic rings. The van der Waals surface area contributed by atoms with Gasteiger partial charge >= 0.3 is 0 Å². The van der Waals surface area contributed by atoms with Crippen molar-refractivity contribution in [3.05, 3.63) is 29.8 Å². The molecule has 1 aliphatic carbocycles. The van der Waals surface area contributed by atoms with E-state index in [1.807, 2.05) is 26.0 Å². The Kier molecular flexibility index (Phi) is 6.62. The summed E-state index contributed by atoms with van der Waals surface area (Å²) >= 11 is 0. The Morgan fingerprint density at radius 1 is 1.09 bits per heavy atom. The molecule has 0 amide bonds. The molecule has 0 heterocycles. The summed E-state index contributed by atoms with van der Waals surface area (Å²) in [5, 5.41) is 3.62. The van der Waals surface area contributed by atoms with Crippen LogP contribution < -0.4 is 5.32 Å². The molecule has 0 bridgehead atoms. The van der Waals surface area contributed by atoms with Gasteiger partial charge in [0, 0.05) is 25.7 Å². The van der Waals surface area contributed by atoms with Gasteiger partial charge in [-0.05, 0) is 44.4 Å². The Bertz CT molecular complexity index is 574. The van der Waals surface area contributed by atoms with E-state index in [0.29, 0.717) is 10.9 Å². The van der Waals surface area contributed by atoms with Gasteiger partial charge in [0.1, 0.15) is 0 Å². The minimum atomic E-state index is -3.38. The van der Waals surface area contributed by atoms with Crippen molar-refractivity contribution in [3.63, 3.8) is 0 Å². The maximum absolute atomic E-state index is 12.4. The van der Waals surface area contributed by atoms with E-state index in [2.05, 4.69) is 5.32 Å². The van der Waals surface area contributed by atoms with Crippen LogP contribution in [-0.2, 0) is 16.6 Å². The first-order chi connectivity index (χ1) is 10.9. The maximum Gasteiger partial charge on any atom is 0.243 e. The molecule has 1 aromatic rings. The van der Waals surface area contributed by atoms with Gasteiger partial charge in [0.05, 0.1) is 4.90 Å². The van der Waals surface area contributed by atoms with E-state index >= 15 is 0 Å². The number of rotatable bonds is 6. The van der Waals surface area contributed by atoms with Crippen molar-refractivity contribution in [3.8, 4) is 0 Å². The number of nitrogens with one attached hydrogen (secondary N) is 1. The van der Waals surface area contributed by atoms with Crippen molar-refractivity contribution in [2.24, 2.45) is 0 Å². The van der Waals surface area contributed by atoms with E-state index in [0.717, 1.165) is 12.1 Å². The zero-order chi connectivity index (χ0) is 16.9. The van der Waals surface area contributed by atoms with E-state index in [-0.39, 0.29) is 6.04 Å². The minimum absolute atomic E-state index is 0.0448. The molecule has 1 fully saturated rings. The number of hydrogen-bond acceptors (Lipinski definition) is 3. The minimum Gasteiger partial charge on any atom is -0.310 e. The molecule has 0 aliphatic heterocycles. The van der Waals surface area contributed by atoms with Gasteiger partial charge in [-0.25, -0.2) is 8.42 Å².